The number of nitrogens with one attached hydrogen (secondary N) is 1. The second-order valence-corrected chi connectivity index (χ2v) is 4.79. The van der Waals surface area contributed by atoms with Crippen LogP contribution in [0.3, 0.4) is 0 Å². The van der Waals surface area contributed by atoms with Crippen LogP contribution in [0.1, 0.15) is 38.7 Å². The van der Waals surface area contributed by atoms with Gasteiger partial charge in [-0.3, -0.25) is 0 Å². The first-order valence-electron chi connectivity index (χ1n) is 7.42. The summed E-state index contributed by atoms with van der Waals surface area (Å²) < 4.78 is 0. The summed E-state index contributed by atoms with van der Waals surface area (Å²) in [6.45, 7) is 6.48. The standard InChI is InChI=1S/C18H27N/c1-3-5-10-17(4-2)13-9-15-19-16-14-18-11-7-6-8-12-18/h3,5-8,10-12,19H,4,9,13-16H2,1-2H3/b5-3-,17-10?. The van der Waals surface area contributed by atoms with Crippen LogP contribution in [0.2, 0.25) is 0 Å². The van der Waals surface area contributed by atoms with Crippen LogP contribution in [0, 0.1) is 0 Å². The third kappa shape index (κ3) is 7.63. The number of benzene rings is 1. The van der Waals surface area contributed by atoms with Gasteiger partial charge in [0.05, 0.1) is 0 Å². The molecule has 0 aliphatic heterocycles. The van der Waals surface area contributed by atoms with Crippen LogP contribution in [0.4, 0.5) is 0 Å². The molecule has 0 aliphatic carbocycles. The molecular weight excluding hydrogens is 230 g/mol. The van der Waals surface area contributed by atoms with E-state index in [0.717, 1.165) is 25.9 Å². The summed E-state index contributed by atoms with van der Waals surface area (Å²) >= 11 is 0. The van der Waals surface area contributed by atoms with Gasteiger partial charge >= 0.3 is 0 Å². The van der Waals surface area contributed by atoms with Crippen molar-refractivity contribution in [3.05, 3.63) is 59.7 Å². The molecule has 1 heteroatoms. The molecule has 104 valence electrons. The molecule has 0 saturated heterocycles. The Kier molecular flexibility index (Phi) is 8.74. The van der Waals surface area contributed by atoms with E-state index in [0.29, 0.717) is 0 Å². The molecule has 0 heterocycles. The summed E-state index contributed by atoms with van der Waals surface area (Å²) in [5.41, 5.74) is 2.96. The van der Waals surface area contributed by atoms with Crippen molar-refractivity contribution < 1.29 is 0 Å². The monoisotopic (exact) mass is 257 g/mol. The Hall–Kier alpha value is -1.34. The van der Waals surface area contributed by atoms with Crippen LogP contribution in [-0.2, 0) is 6.42 Å². The second-order valence-electron chi connectivity index (χ2n) is 4.79. The Bertz CT molecular complexity index is 376. The van der Waals surface area contributed by atoms with E-state index in [-0.39, 0.29) is 0 Å². The lowest BCUT2D eigenvalue weighted by atomic mass is 10.1. The van der Waals surface area contributed by atoms with Crippen molar-refractivity contribution in [3.63, 3.8) is 0 Å². The fourth-order valence-electron chi connectivity index (χ4n) is 2.05. The highest BCUT2D eigenvalue weighted by Gasteiger charge is 1.95. The second kappa shape index (κ2) is 10.6. The van der Waals surface area contributed by atoms with Crippen LogP contribution in [0.15, 0.2) is 54.1 Å². The molecule has 0 aliphatic rings. The average molecular weight is 257 g/mol. The van der Waals surface area contributed by atoms with E-state index < -0.39 is 0 Å². The number of allylic oxidation sites excluding steroid dienone is 4. The van der Waals surface area contributed by atoms with Gasteiger partial charge in [-0.15, -0.1) is 0 Å². The van der Waals surface area contributed by atoms with Crippen LogP contribution < -0.4 is 5.32 Å². The van der Waals surface area contributed by atoms with E-state index in [1.54, 1.807) is 5.57 Å². The Morgan fingerprint density at radius 3 is 2.63 bits per heavy atom. The molecule has 1 rings (SSSR count). The van der Waals surface area contributed by atoms with E-state index in [9.17, 15) is 0 Å². The number of hydrogen-bond acceptors (Lipinski definition) is 1. The summed E-state index contributed by atoms with van der Waals surface area (Å²) in [7, 11) is 0. The molecule has 0 atom stereocenters. The maximum Gasteiger partial charge on any atom is -0.000835 e. The lowest BCUT2D eigenvalue weighted by molar-refractivity contribution is 0.641. The molecule has 0 amide bonds. The van der Waals surface area contributed by atoms with Gasteiger partial charge in [-0.1, -0.05) is 61.1 Å². The minimum absolute atomic E-state index is 1.07. The van der Waals surface area contributed by atoms with Crippen LogP contribution in [0.5, 0.6) is 0 Å². The summed E-state index contributed by atoms with van der Waals surface area (Å²) in [6.07, 6.45) is 11.2. The zero-order valence-electron chi connectivity index (χ0n) is 12.4. The van der Waals surface area contributed by atoms with Gasteiger partial charge in [0.15, 0.2) is 0 Å². The third-order valence-corrected chi connectivity index (χ3v) is 3.26. The smallest absolute Gasteiger partial charge is 0.000835 e. The van der Waals surface area contributed by atoms with Gasteiger partial charge in [0, 0.05) is 0 Å². The highest BCUT2D eigenvalue weighted by Crippen LogP contribution is 2.09. The van der Waals surface area contributed by atoms with Crippen LogP contribution >= 0.6 is 0 Å². The van der Waals surface area contributed by atoms with Crippen LogP contribution in [0.25, 0.3) is 0 Å². The molecule has 0 fully saturated rings. The van der Waals surface area contributed by atoms with Crippen molar-refractivity contribution in [1.82, 2.24) is 5.32 Å². The predicted molar refractivity (Wildman–Crippen MR) is 85.4 cm³/mol. The van der Waals surface area contributed by atoms with Gasteiger partial charge in [-0.2, -0.15) is 0 Å². The molecule has 0 radical (unpaired) electrons. The average Bonchev–Trinajstić information content (AvgIpc) is 2.47. The molecule has 19 heavy (non-hydrogen) atoms. The van der Waals surface area contributed by atoms with Gasteiger partial charge in [-0.25, -0.2) is 0 Å². The molecule has 1 N–H and O–H groups in total. The van der Waals surface area contributed by atoms with Crippen molar-refractivity contribution in [2.45, 2.75) is 39.5 Å². The predicted octanol–water partition coefficient (Wildman–Crippen LogP) is 4.51. The Balaban J connectivity index is 2.08. The molecule has 1 nitrogen and oxygen atoms in total. The highest BCUT2D eigenvalue weighted by atomic mass is 14.8. The van der Waals surface area contributed by atoms with Gasteiger partial charge in [-0.05, 0) is 51.3 Å². The molecular formula is C18H27N. The molecule has 1 aromatic rings. The minimum Gasteiger partial charge on any atom is -0.316 e. The zero-order valence-corrected chi connectivity index (χ0v) is 12.4. The SMILES string of the molecule is C/C=C\C=C(CC)CCCNCCc1ccccc1. The number of hydrogen-bond donors (Lipinski definition) is 1. The van der Waals surface area contributed by atoms with Crippen molar-refractivity contribution in [2.24, 2.45) is 0 Å². The van der Waals surface area contributed by atoms with Gasteiger partial charge < -0.3 is 5.32 Å². The topological polar surface area (TPSA) is 12.0 Å². The highest BCUT2D eigenvalue weighted by molar-refractivity contribution is 5.14. The summed E-state index contributed by atoms with van der Waals surface area (Å²) in [5.74, 6) is 0. The summed E-state index contributed by atoms with van der Waals surface area (Å²) in [5, 5.41) is 3.52. The fraction of sp³-hybridized carbons (Fsp3) is 0.444. The first-order valence-corrected chi connectivity index (χ1v) is 7.42. The maximum atomic E-state index is 3.52. The van der Waals surface area contributed by atoms with Gasteiger partial charge in [0.1, 0.15) is 0 Å². The Morgan fingerprint density at radius 1 is 1.16 bits per heavy atom. The summed E-state index contributed by atoms with van der Waals surface area (Å²) in [6, 6.07) is 10.7. The van der Waals surface area contributed by atoms with E-state index in [1.807, 2.05) is 0 Å². The fourth-order valence-corrected chi connectivity index (χ4v) is 2.05. The largest absolute Gasteiger partial charge is 0.316 e. The molecule has 0 saturated carbocycles. The van der Waals surface area contributed by atoms with Crippen molar-refractivity contribution in [3.8, 4) is 0 Å². The first-order chi connectivity index (χ1) is 9.36. The molecule has 0 unspecified atom stereocenters. The first kappa shape index (κ1) is 15.7. The zero-order chi connectivity index (χ0) is 13.8. The van der Waals surface area contributed by atoms with E-state index in [4.69, 9.17) is 0 Å². The Morgan fingerprint density at radius 2 is 1.95 bits per heavy atom. The lowest BCUT2D eigenvalue weighted by Gasteiger charge is -2.06. The lowest BCUT2D eigenvalue weighted by Crippen LogP contribution is -2.18. The van der Waals surface area contributed by atoms with Gasteiger partial charge in [0.25, 0.3) is 0 Å². The van der Waals surface area contributed by atoms with Crippen molar-refractivity contribution in [2.75, 3.05) is 13.1 Å². The summed E-state index contributed by atoms with van der Waals surface area (Å²) in [4.78, 5) is 0. The molecule has 0 spiro atoms. The van der Waals surface area contributed by atoms with Crippen molar-refractivity contribution in [1.29, 1.82) is 0 Å². The van der Waals surface area contributed by atoms with E-state index >= 15 is 0 Å². The van der Waals surface area contributed by atoms with E-state index in [1.165, 1.54) is 18.4 Å². The third-order valence-electron chi connectivity index (χ3n) is 3.26. The number of rotatable bonds is 9. The van der Waals surface area contributed by atoms with Gasteiger partial charge in [0.2, 0.25) is 0 Å². The Labute approximate surface area is 118 Å². The molecule has 1 aromatic carbocycles. The van der Waals surface area contributed by atoms with E-state index in [2.05, 4.69) is 67.7 Å². The van der Waals surface area contributed by atoms with Crippen molar-refractivity contribution >= 4 is 0 Å². The minimum atomic E-state index is 1.07. The normalized spacial score (nSPS) is 12.2. The maximum absolute atomic E-state index is 3.52. The molecule has 0 bridgehead atoms. The van der Waals surface area contributed by atoms with Crippen LogP contribution in [-0.4, -0.2) is 13.1 Å². The molecule has 0 aromatic heterocycles. The quantitative estimate of drug-likeness (QED) is 0.507.